The minimum atomic E-state index is -1.13. The summed E-state index contributed by atoms with van der Waals surface area (Å²) < 4.78 is 0. The zero-order valence-corrected chi connectivity index (χ0v) is 14.2. The van der Waals surface area contributed by atoms with Gasteiger partial charge in [0.05, 0.1) is 11.9 Å². The molecule has 2 aromatic carbocycles. The molecule has 20 heavy (non-hydrogen) atoms. The molecule has 0 radical (unpaired) electrons. The zero-order valence-electron chi connectivity index (χ0n) is 10.7. The van der Waals surface area contributed by atoms with Crippen molar-refractivity contribution in [3.05, 3.63) is 71.8 Å². The number of carboxylic acid groups (broad SMARTS) is 2. The van der Waals surface area contributed by atoms with E-state index in [1.54, 1.807) is 36.4 Å². The molecule has 4 nitrogen and oxygen atoms in total. The standard InChI is InChI=1S/2C7H6O2.Ag.Na/c2*8-7(9)6-4-2-1-3-5-6;;/h2*1-5H,(H,8,9);;/q;;2*+1/p-2. The number of hydrogen-bond acceptors (Lipinski definition) is 4. The first kappa shape index (κ1) is 21.4. The SMILES string of the molecule is O=C([O-])c1ccccc1.O=C([O-])c1ccccc1.[Ag+].[Na+]. The number of carbonyl (C=O) groups excluding carboxylic acids is 2. The van der Waals surface area contributed by atoms with Crippen molar-refractivity contribution >= 4 is 11.9 Å². The van der Waals surface area contributed by atoms with Crippen LogP contribution in [-0.2, 0) is 22.4 Å². The van der Waals surface area contributed by atoms with E-state index in [0.717, 1.165) is 0 Å². The fourth-order valence-corrected chi connectivity index (χ4v) is 1.15. The molecule has 0 atom stereocenters. The summed E-state index contributed by atoms with van der Waals surface area (Å²) in [6.45, 7) is 0. The Bertz CT molecular complexity index is 468. The average Bonchev–Trinajstić information content (AvgIpc) is 2.41. The molecule has 0 bridgehead atoms. The Labute approximate surface area is 154 Å². The van der Waals surface area contributed by atoms with Gasteiger partial charge in [0.2, 0.25) is 0 Å². The normalized spacial score (nSPS) is 8.00. The maximum atomic E-state index is 10.1. The van der Waals surface area contributed by atoms with E-state index in [1.807, 2.05) is 0 Å². The van der Waals surface area contributed by atoms with Gasteiger partial charge in [-0.3, -0.25) is 0 Å². The first-order chi connectivity index (χ1) is 8.61. The number of rotatable bonds is 2. The largest absolute Gasteiger partial charge is 1.00 e. The Hall–Kier alpha value is -0.880. The molecule has 0 aromatic heterocycles. The van der Waals surface area contributed by atoms with Crippen LogP contribution in [0.2, 0.25) is 0 Å². The first-order valence-corrected chi connectivity index (χ1v) is 5.14. The summed E-state index contributed by atoms with van der Waals surface area (Å²) in [5.74, 6) is -2.26. The zero-order chi connectivity index (χ0) is 13.4. The van der Waals surface area contributed by atoms with Gasteiger partial charge < -0.3 is 19.8 Å². The van der Waals surface area contributed by atoms with Gasteiger partial charge in [-0.25, -0.2) is 0 Å². The van der Waals surface area contributed by atoms with Crippen molar-refractivity contribution in [2.45, 2.75) is 0 Å². The quantitative estimate of drug-likeness (QED) is 0.530. The minimum absolute atomic E-state index is 0. The van der Waals surface area contributed by atoms with E-state index < -0.39 is 11.9 Å². The maximum Gasteiger partial charge on any atom is 1.00 e. The molecule has 2 rings (SSSR count). The second-order valence-electron chi connectivity index (χ2n) is 3.31. The monoisotopic (exact) mass is 372 g/mol. The van der Waals surface area contributed by atoms with Crippen LogP contribution in [-0.4, -0.2) is 11.9 Å². The maximum absolute atomic E-state index is 10.1. The molecule has 0 aliphatic rings. The van der Waals surface area contributed by atoms with Crippen molar-refractivity contribution < 1.29 is 71.7 Å². The molecule has 0 N–H and O–H groups in total. The second kappa shape index (κ2) is 11.9. The molecule has 0 heterocycles. The molecular formula is C14H10AgNaO4. The number of benzene rings is 2. The molecule has 0 aliphatic heterocycles. The molecule has 2 aromatic rings. The molecular weight excluding hydrogens is 363 g/mol. The van der Waals surface area contributed by atoms with Gasteiger partial charge in [-0.05, 0) is 11.1 Å². The molecule has 0 saturated carbocycles. The van der Waals surface area contributed by atoms with Gasteiger partial charge in [0.15, 0.2) is 0 Å². The number of hydrogen-bond donors (Lipinski definition) is 0. The smallest absolute Gasteiger partial charge is 0.545 e. The van der Waals surface area contributed by atoms with Crippen molar-refractivity contribution in [2.24, 2.45) is 0 Å². The van der Waals surface area contributed by atoms with Gasteiger partial charge in [-0.2, -0.15) is 0 Å². The Balaban J connectivity index is 0. The number of carboxylic acids is 2. The Morgan fingerprint density at radius 3 is 1.05 bits per heavy atom. The van der Waals surface area contributed by atoms with Crippen molar-refractivity contribution in [3.8, 4) is 0 Å². The average molecular weight is 373 g/mol. The van der Waals surface area contributed by atoms with Crippen LogP contribution in [0.1, 0.15) is 20.7 Å². The van der Waals surface area contributed by atoms with E-state index in [-0.39, 0.29) is 63.1 Å². The molecule has 0 fully saturated rings. The van der Waals surface area contributed by atoms with E-state index in [2.05, 4.69) is 0 Å². The van der Waals surface area contributed by atoms with Gasteiger partial charge in [0.25, 0.3) is 0 Å². The van der Waals surface area contributed by atoms with Crippen LogP contribution >= 0.6 is 0 Å². The van der Waals surface area contributed by atoms with Gasteiger partial charge in [-0.1, -0.05) is 60.7 Å². The van der Waals surface area contributed by atoms with Crippen molar-refractivity contribution in [1.82, 2.24) is 0 Å². The third kappa shape index (κ3) is 8.32. The fraction of sp³-hybridized carbons (Fsp3) is 0. The predicted molar refractivity (Wildman–Crippen MR) is 61.5 cm³/mol. The van der Waals surface area contributed by atoms with Gasteiger partial charge in [0.1, 0.15) is 0 Å². The summed E-state index contributed by atoms with van der Waals surface area (Å²) in [6, 6.07) is 16.1. The number of carbonyl (C=O) groups is 2. The van der Waals surface area contributed by atoms with Gasteiger partial charge in [-0.15, -0.1) is 0 Å². The van der Waals surface area contributed by atoms with Crippen LogP contribution < -0.4 is 39.8 Å². The predicted octanol–water partition coefficient (Wildman–Crippen LogP) is -2.90. The summed E-state index contributed by atoms with van der Waals surface area (Å²) in [7, 11) is 0. The third-order valence-corrected chi connectivity index (χ3v) is 2.02. The number of aromatic carboxylic acids is 2. The fourth-order valence-electron chi connectivity index (χ4n) is 1.15. The van der Waals surface area contributed by atoms with E-state index in [0.29, 0.717) is 0 Å². The molecule has 0 saturated heterocycles. The van der Waals surface area contributed by atoms with Crippen LogP contribution in [0.15, 0.2) is 60.7 Å². The molecule has 6 heteroatoms. The second-order valence-corrected chi connectivity index (χ2v) is 3.31. The molecule has 102 valence electrons. The molecule has 0 spiro atoms. The van der Waals surface area contributed by atoms with E-state index in [4.69, 9.17) is 0 Å². The Morgan fingerprint density at radius 1 is 0.650 bits per heavy atom. The summed E-state index contributed by atoms with van der Waals surface area (Å²) in [5.41, 5.74) is 0.440. The summed E-state index contributed by atoms with van der Waals surface area (Å²) in [4.78, 5) is 20.2. The summed E-state index contributed by atoms with van der Waals surface area (Å²) >= 11 is 0. The van der Waals surface area contributed by atoms with Crippen LogP contribution in [0.25, 0.3) is 0 Å². The van der Waals surface area contributed by atoms with Crippen molar-refractivity contribution in [2.75, 3.05) is 0 Å². The molecule has 0 amide bonds. The van der Waals surface area contributed by atoms with Gasteiger partial charge in [0, 0.05) is 0 Å². The van der Waals surface area contributed by atoms with E-state index in [9.17, 15) is 19.8 Å². The summed E-state index contributed by atoms with van der Waals surface area (Å²) in [6.07, 6.45) is 0. The van der Waals surface area contributed by atoms with E-state index in [1.165, 1.54) is 24.3 Å². The third-order valence-electron chi connectivity index (χ3n) is 2.02. The molecule has 0 unspecified atom stereocenters. The minimum Gasteiger partial charge on any atom is -0.545 e. The molecule has 0 aliphatic carbocycles. The van der Waals surface area contributed by atoms with Crippen LogP contribution in [0.5, 0.6) is 0 Å². The van der Waals surface area contributed by atoms with Crippen LogP contribution in [0.3, 0.4) is 0 Å². The van der Waals surface area contributed by atoms with Crippen LogP contribution in [0.4, 0.5) is 0 Å². The van der Waals surface area contributed by atoms with Crippen molar-refractivity contribution in [1.29, 1.82) is 0 Å². The van der Waals surface area contributed by atoms with Crippen molar-refractivity contribution in [3.63, 3.8) is 0 Å². The summed E-state index contributed by atoms with van der Waals surface area (Å²) in [5, 5.41) is 20.2. The van der Waals surface area contributed by atoms with Crippen LogP contribution in [0, 0.1) is 0 Å². The van der Waals surface area contributed by atoms with Gasteiger partial charge >= 0.3 is 51.9 Å². The Kier molecular flexibility index (Phi) is 12.8. The van der Waals surface area contributed by atoms with E-state index >= 15 is 0 Å². The topological polar surface area (TPSA) is 80.3 Å². The Morgan fingerprint density at radius 2 is 0.900 bits per heavy atom. The first-order valence-electron chi connectivity index (χ1n) is 5.14.